The molecule has 0 amide bonds. The summed E-state index contributed by atoms with van der Waals surface area (Å²) in [5.74, 6) is 1.16. The largest absolute Gasteiger partial charge is 0.381 e. The van der Waals surface area contributed by atoms with Crippen molar-refractivity contribution in [2.45, 2.75) is 19.3 Å². The van der Waals surface area contributed by atoms with E-state index < -0.39 is 10.0 Å². The van der Waals surface area contributed by atoms with E-state index in [0.717, 1.165) is 51.5 Å². The molecule has 134 valence electrons. The highest BCUT2D eigenvalue weighted by atomic mass is 127. The van der Waals surface area contributed by atoms with E-state index in [9.17, 15) is 8.42 Å². The van der Waals surface area contributed by atoms with Crippen molar-refractivity contribution in [3.05, 3.63) is 0 Å². The second kappa shape index (κ2) is 7.83. The van der Waals surface area contributed by atoms with E-state index >= 15 is 0 Å². The third-order valence-corrected chi connectivity index (χ3v) is 6.94. The van der Waals surface area contributed by atoms with Crippen molar-refractivity contribution in [2.75, 3.05) is 58.7 Å². The average Bonchev–Trinajstić information content (AvgIpc) is 3.19. The molecule has 0 aromatic rings. The number of nitrogens with one attached hydrogen (secondary N) is 1. The van der Waals surface area contributed by atoms with Gasteiger partial charge < -0.3 is 15.0 Å². The highest BCUT2D eigenvalue weighted by Gasteiger charge is 2.42. The Morgan fingerprint density at radius 1 is 1.35 bits per heavy atom. The van der Waals surface area contributed by atoms with Crippen LogP contribution in [-0.4, -0.2) is 82.3 Å². The van der Waals surface area contributed by atoms with Crippen LogP contribution in [0.5, 0.6) is 0 Å². The molecule has 1 N–H and O–H groups in total. The minimum Gasteiger partial charge on any atom is -0.381 e. The van der Waals surface area contributed by atoms with Crippen LogP contribution in [-0.2, 0) is 14.8 Å². The normalized spacial score (nSPS) is 30.8. The van der Waals surface area contributed by atoms with Crippen LogP contribution in [0.4, 0.5) is 0 Å². The Hall–Kier alpha value is -0.130. The van der Waals surface area contributed by atoms with Crippen molar-refractivity contribution < 1.29 is 13.2 Å². The molecule has 3 heterocycles. The number of halogens is 1. The number of aliphatic imine (C=N–C) groups is 1. The van der Waals surface area contributed by atoms with Gasteiger partial charge in [-0.15, -0.1) is 24.0 Å². The summed E-state index contributed by atoms with van der Waals surface area (Å²) in [7, 11) is -1.22. The Morgan fingerprint density at radius 3 is 2.78 bits per heavy atom. The van der Waals surface area contributed by atoms with E-state index in [0.29, 0.717) is 25.0 Å². The third kappa shape index (κ3) is 4.29. The van der Waals surface area contributed by atoms with E-state index in [-0.39, 0.29) is 29.7 Å². The number of nitrogens with zero attached hydrogens (tertiary/aromatic N) is 3. The van der Waals surface area contributed by atoms with Gasteiger partial charge in [-0.3, -0.25) is 4.99 Å². The molecule has 1 unspecified atom stereocenters. The zero-order valence-corrected chi connectivity index (χ0v) is 16.8. The smallest absolute Gasteiger partial charge is 0.214 e. The quantitative estimate of drug-likeness (QED) is 0.375. The van der Waals surface area contributed by atoms with Crippen LogP contribution in [0.15, 0.2) is 4.99 Å². The fraction of sp³-hybridized carbons (Fsp3) is 0.929. The molecule has 0 saturated carbocycles. The van der Waals surface area contributed by atoms with Crippen LogP contribution in [0.25, 0.3) is 0 Å². The Bertz CT molecular complexity index is 534. The molecule has 0 aromatic heterocycles. The molecule has 9 heteroatoms. The lowest BCUT2D eigenvalue weighted by Gasteiger charge is -2.25. The molecule has 0 aliphatic carbocycles. The van der Waals surface area contributed by atoms with Gasteiger partial charge >= 0.3 is 0 Å². The molecule has 1 atom stereocenters. The van der Waals surface area contributed by atoms with Crippen LogP contribution in [0, 0.1) is 5.41 Å². The Morgan fingerprint density at radius 2 is 2.17 bits per heavy atom. The van der Waals surface area contributed by atoms with Crippen molar-refractivity contribution in [3.63, 3.8) is 0 Å². The number of hydrogen-bond donors (Lipinski definition) is 1. The molecular weight excluding hydrogens is 431 g/mol. The van der Waals surface area contributed by atoms with Gasteiger partial charge in [-0.1, -0.05) is 0 Å². The van der Waals surface area contributed by atoms with E-state index in [2.05, 4.69) is 15.2 Å². The molecule has 0 radical (unpaired) electrons. The summed E-state index contributed by atoms with van der Waals surface area (Å²) in [6, 6.07) is 0. The molecule has 3 rings (SSSR count). The maximum absolute atomic E-state index is 11.8. The molecule has 3 fully saturated rings. The van der Waals surface area contributed by atoms with Gasteiger partial charge in [0, 0.05) is 51.8 Å². The van der Waals surface area contributed by atoms with Crippen molar-refractivity contribution in [2.24, 2.45) is 10.4 Å². The summed E-state index contributed by atoms with van der Waals surface area (Å²) >= 11 is 0. The van der Waals surface area contributed by atoms with Gasteiger partial charge in [0.1, 0.15) is 0 Å². The van der Waals surface area contributed by atoms with E-state index in [1.165, 1.54) is 0 Å². The minimum atomic E-state index is -3.01. The molecule has 0 bridgehead atoms. The molecule has 23 heavy (non-hydrogen) atoms. The first-order chi connectivity index (χ1) is 10.5. The van der Waals surface area contributed by atoms with Crippen molar-refractivity contribution in [1.29, 1.82) is 0 Å². The van der Waals surface area contributed by atoms with E-state index in [1.807, 2.05) is 0 Å². The highest BCUT2D eigenvalue weighted by Crippen LogP contribution is 2.38. The fourth-order valence-corrected chi connectivity index (χ4v) is 5.18. The summed E-state index contributed by atoms with van der Waals surface area (Å²) < 4.78 is 30.7. The van der Waals surface area contributed by atoms with Gasteiger partial charge in [0.15, 0.2) is 5.96 Å². The number of sulfonamides is 1. The lowest BCUT2D eigenvalue weighted by atomic mass is 9.87. The average molecular weight is 458 g/mol. The van der Waals surface area contributed by atoms with Crippen LogP contribution >= 0.6 is 24.0 Å². The first-order valence-electron chi connectivity index (χ1n) is 8.06. The van der Waals surface area contributed by atoms with Crippen LogP contribution < -0.4 is 5.32 Å². The molecule has 7 nitrogen and oxygen atoms in total. The van der Waals surface area contributed by atoms with Crippen molar-refractivity contribution in [3.8, 4) is 0 Å². The van der Waals surface area contributed by atoms with E-state index in [1.54, 1.807) is 11.4 Å². The molecule has 3 aliphatic rings. The maximum atomic E-state index is 11.8. The monoisotopic (exact) mass is 458 g/mol. The predicted molar refractivity (Wildman–Crippen MR) is 101 cm³/mol. The fourth-order valence-electron chi connectivity index (χ4n) is 3.65. The Balaban J connectivity index is 0.00000192. The van der Waals surface area contributed by atoms with Crippen LogP contribution in [0.1, 0.15) is 19.3 Å². The molecule has 3 aliphatic heterocycles. The first-order valence-corrected chi connectivity index (χ1v) is 9.67. The zero-order chi connectivity index (χ0) is 15.6. The second-order valence-electron chi connectivity index (χ2n) is 6.52. The summed E-state index contributed by atoms with van der Waals surface area (Å²) in [4.78, 5) is 6.62. The number of hydrogen-bond acceptors (Lipinski definition) is 4. The van der Waals surface area contributed by atoms with Gasteiger partial charge in [-0.25, -0.2) is 12.7 Å². The van der Waals surface area contributed by atoms with Gasteiger partial charge in [0.25, 0.3) is 0 Å². The SMILES string of the molecule is CN=C(NCCN1CCCS1(=O)=O)N1CCC2(CCOC2)C1.I. The Kier molecular flexibility index (Phi) is 6.54. The summed E-state index contributed by atoms with van der Waals surface area (Å²) in [6.45, 7) is 5.46. The molecule has 3 saturated heterocycles. The van der Waals surface area contributed by atoms with Crippen LogP contribution in [0.2, 0.25) is 0 Å². The minimum absolute atomic E-state index is 0. The van der Waals surface area contributed by atoms with Crippen molar-refractivity contribution in [1.82, 2.24) is 14.5 Å². The second-order valence-corrected chi connectivity index (χ2v) is 8.61. The molecule has 0 aromatic carbocycles. The lowest BCUT2D eigenvalue weighted by Crippen LogP contribution is -2.44. The standard InChI is InChI=1S/C14H26N4O3S.HI/c1-15-13(16-5-8-18-6-2-10-22(18,19)20)17-7-3-14(11-17)4-9-21-12-14;/h2-12H2,1H3,(H,15,16);1H. The summed E-state index contributed by atoms with van der Waals surface area (Å²) in [5.41, 5.74) is 0.301. The maximum Gasteiger partial charge on any atom is 0.214 e. The third-order valence-electron chi connectivity index (χ3n) is 4.98. The predicted octanol–water partition coefficient (Wildman–Crippen LogP) is 0.328. The number of ether oxygens (including phenoxy) is 1. The Labute approximate surface area is 155 Å². The summed E-state index contributed by atoms with van der Waals surface area (Å²) in [5, 5.41) is 3.31. The van der Waals surface area contributed by atoms with Gasteiger partial charge in [-0.2, -0.15) is 0 Å². The van der Waals surface area contributed by atoms with Gasteiger partial charge in [0.2, 0.25) is 10.0 Å². The topological polar surface area (TPSA) is 74.2 Å². The van der Waals surface area contributed by atoms with E-state index in [4.69, 9.17) is 4.74 Å². The molecular formula is C14H27IN4O3S. The number of rotatable bonds is 3. The zero-order valence-electron chi connectivity index (χ0n) is 13.7. The summed E-state index contributed by atoms with van der Waals surface area (Å²) in [6.07, 6.45) is 3.02. The van der Waals surface area contributed by atoms with Crippen LogP contribution in [0.3, 0.4) is 0 Å². The number of guanidine groups is 1. The van der Waals surface area contributed by atoms with Gasteiger partial charge in [-0.05, 0) is 19.3 Å². The highest BCUT2D eigenvalue weighted by molar-refractivity contribution is 14.0. The molecule has 1 spiro atoms. The van der Waals surface area contributed by atoms with Crippen molar-refractivity contribution >= 4 is 40.0 Å². The number of likely N-dealkylation sites (tertiary alicyclic amines) is 1. The lowest BCUT2D eigenvalue weighted by molar-refractivity contribution is 0.156. The van der Waals surface area contributed by atoms with Gasteiger partial charge in [0.05, 0.1) is 12.4 Å². The first kappa shape index (κ1) is 19.2.